The van der Waals surface area contributed by atoms with Crippen LogP contribution in [0.15, 0.2) is 0 Å². The lowest BCUT2D eigenvalue weighted by Gasteiger charge is -2.02. The summed E-state index contributed by atoms with van der Waals surface area (Å²) in [5, 5.41) is -1.22. The molecule has 1 aliphatic heterocycles. The fraction of sp³-hybridized carbons (Fsp3) is 0.667. The molecular weight excluding hydrogens is 188 g/mol. The molecule has 0 radical (unpaired) electrons. The molecule has 0 N–H and O–H groups in total. The van der Waals surface area contributed by atoms with Gasteiger partial charge in [-0.25, -0.2) is 0 Å². The molecule has 0 saturated carbocycles. The van der Waals surface area contributed by atoms with Gasteiger partial charge in [0.2, 0.25) is 0 Å². The molecule has 0 spiro atoms. The van der Waals surface area contributed by atoms with Gasteiger partial charge in [-0.1, -0.05) is 0 Å². The van der Waals surface area contributed by atoms with E-state index >= 15 is 0 Å². The first kappa shape index (κ1) is 8.87. The van der Waals surface area contributed by atoms with Gasteiger partial charge in [-0.05, 0) is 0 Å². The third-order valence-electron chi connectivity index (χ3n) is 1.39. The molecule has 1 rings (SSSR count). The lowest BCUT2D eigenvalue weighted by Crippen LogP contribution is -2.27. The molecule has 1 fully saturated rings. The summed E-state index contributed by atoms with van der Waals surface area (Å²) in [6.45, 7) is 0. The minimum Gasteiger partial charge on any atom is -0.468 e. The Bertz CT molecular complexity index is 194. The van der Waals surface area contributed by atoms with E-state index in [4.69, 9.17) is 11.6 Å². The molecule has 1 saturated heterocycles. The highest BCUT2D eigenvalue weighted by molar-refractivity contribution is 8.02. The van der Waals surface area contributed by atoms with Crippen molar-refractivity contribution in [2.45, 2.75) is 10.6 Å². The van der Waals surface area contributed by atoms with E-state index in [1.165, 1.54) is 18.9 Å². The summed E-state index contributed by atoms with van der Waals surface area (Å²) in [6, 6.07) is 0. The van der Waals surface area contributed by atoms with E-state index in [-0.39, 0.29) is 5.78 Å². The molecule has 11 heavy (non-hydrogen) atoms. The van der Waals surface area contributed by atoms with Crippen LogP contribution in [0.3, 0.4) is 0 Å². The lowest BCUT2D eigenvalue weighted by atomic mass is 10.2. The van der Waals surface area contributed by atoms with Crippen molar-refractivity contribution in [3.63, 3.8) is 0 Å². The molecule has 2 atom stereocenters. The average molecular weight is 195 g/mol. The third-order valence-corrected chi connectivity index (χ3v) is 3.23. The van der Waals surface area contributed by atoms with Crippen LogP contribution in [0, 0.1) is 0 Å². The first-order valence-corrected chi connectivity index (χ1v) is 4.52. The van der Waals surface area contributed by atoms with E-state index in [0.29, 0.717) is 5.75 Å². The third kappa shape index (κ3) is 1.68. The van der Waals surface area contributed by atoms with Crippen LogP contribution in [0.1, 0.15) is 0 Å². The molecule has 5 heteroatoms. The van der Waals surface area contributed by atoms with Crippen LogP contribution in [0.2, 0.25) is 0 Å². The molecule has 0 bridgehead atoms. The van der Waals surface area contributed by atoms with Crippen LogP contribution < -0.4 is 0 Å². The Balaban J connectivity index is 2.62. The van der Waals surface area contributed by atoms with Crippen molar-refractivity contribution in [3.8, 4) is 0 Å². The fourth-order valence-electron chi connectivity index (χ4n) is 0.800. The summed E-state index contributed by atoms with van der Waals surface area (Å²) in [7, 11) is 1.26. The molecule has 1 heterocycles. The summed E-state index contributed by atoms with van der Waals surface area (Å²) in [5.41, 5.74) is 0. The number of hydrogen-bond donors (Lipinski definition) is 0. The number of rotatable bonds is 1. The molecule has 0 aromatic heterocycles. The van der Waals surface area contributed by atoms with Crippen molar-refractivity contribution < 1.29 is 14.3 Å². The number of hydrogen-bond acceptors (Lipinski definition) is 4. The number of ketones is 1. The molecule has 3 nitrogen and oxygen atoms in total. The van der Waals surface area contributed by atoms with Crippen LogP contribution in [0.4, 0.5) is 0 Å². The van der Waals surface area contributed by atoms with Crippen molar-refractivity contribution in [1.82, 2.24) is 0 Å². The van der Waals surface area contributed by atoms with Gasteiger partial charge < -0.3 is 4.74 Å². The Morgan fingerprint density at radius 1 is 1.82 bits per heavy atom. The van der Waals surface area contributed by atoms with Crippen molar-refractivity contribution in [1.29, 1.82) is 0 Å². The van der Waals surface area contributed by atoms with Crippen molar-refractivity contribution in [2.24, 2.45) is 0 Å². The zero-order chi connectivity index (χ0) is 8.43. The molecule has 0 aromatic rings. The van der Waals surface area contributed by atoms with Gasteiger partial charge in [-0.2, -0.15) is 0 Å². The SMILES string of the molecule is COC(=O)C1SCC(Cl)C1=O. The zero-order valence-electron chi connectivity index (χ0n) is 5.87. The summed E-state index contributed by atoms with van der Waals surface area (Å²) in [5.74, 6) is -0.230. The van der Waals surface area contributed by atoms with Gasteiger partial charge in [-0.15, -0.1) is 23.4 Å². The first-order chi connectivity index (χ1) is 5.16. The Kier molecular flexibility index (Phi) is 2.78. The summed E-state index contributed by atoms with van der Waals surface area (Å²) in [4.78, 5) is 21.9. The standard InChI is InChI=1S/C6H7ClO3S/c1-10-6(9)5-4(8)3(7)2-11-5/h3,5H,2H2,1H3. The normalized spacial score (nSPS) is 30.5. The second-order valence-corrected chi connectivity index (χ2v) is 3.77. The molecule has 62 valence electrons. The molecule has 0 aromatic carbocycles. The van der Waals surface area contributed by atoms with E-state index in [1.807, 2.05) is 0 Å². The second kappa shape index (κ2) is 3.45. The molecule has 0 aliphatic carbocycles. The number of alkyl halides is 1. The maximum atomic E-state index is 11.1. The van der Waals surface area contributed by atoms with Gasteiger partial charge in [-0.3, -0.25) is 9.59 Å². The highest BCUT2D eigenvalue weighted by Crippen LogP contribution is 2.27. The number of thioether (sulfide) groups is 1. The van der Waals surface area contributed by atoms with Crippen LogP contribution in [-0.2, 0) is 14.3 Å². The quantitative estimate of drug-likeness (QED) is 0.346. The van der Waals surface area contributed by atoms with Gasteiger partial charge in [0.25, 0.3) is 0 Å². The molecule has 1 aliphatic rings. The highest BCUT2D eigenvalue weighted by atomic mass is 35.5. The van der Waals surface area contributed by atoms with Crippen LogP contribution in [-0.4, -0.2) is 35.2 Å². The van der Waals surface area contributed by atoms with E-state index in [0.717, 1.165) is 0 Å². The summed E-state index contributed by atoms with van der Waals surface area (Å²) in [6.07, 6.45) is 0. The highest BCUT2D eigenvalue weighted by Gasteiger charge is 2.39. The van der Waals surface area contributed by atoms with Crippen molar-refractivity contribution >= 4 is 35.1 Å². The minimum absolute atomic E-state index is 0.233. The summed E-state index contributed by atoms with van der Waals surface area (Å²) < 4.78 is 4.41. The predicted molar refractivity (Wildman–Crippen MR) is 42.9 cm³/mol. The van der Waals surface area contributed by atoms with E-state index in [9.17, 15) is 9.59 Å². The Morgan fingerprint density at radius 3 is 2.82 bits per heavy atom. The zero-order valence-corrected chi connectivity index (χ0v) is 7.45. The number of ether oxygens (including phenoxy) is 1. The van der Waals surface area contributed by atoms with Gasteiger partial charge in [0, 0.05) is 5.75 Å². The lowest BCUT2D eigenvalue weighted by molar-refractivity contribution is -0.142. The van der Waals surface area contributed by atoms with Gasteiger partial charge in [0.05, 0.1) is 7.11 Å². The number of carbonyl (C=O) groups excluding carboxylic acids is 2. The van der Waals surface area contributed by atoms with Crippen LogP contribution in [0.5, 0.6) is 0 Å². The van der Waals surface area contributed by atoms with E-state index in [1.54, 1.807) is 0 Å². The number of methoxy groups -OCH3 is 1. The number of carbonyl (C=O) groups is 2. The Morgan fingerprint density at radius 2 is 2.45 bits per heavy atom. The molecule has 2 unspecified atom stereocenters. The topological polar surface area (TPSA) is 43.4 Å². The smallest absolute Gasteiger partial charge is 0.326 e. The van der Waals surface area contributed by atoms with Crippen LogP contribution >= 0.6 is 23.4 Å². The van der Waals surface area contributed by atoms with Crippen molar-refractivity contribution in [2.75, 3.05) is 12.9 Å². The maximum absolute atomic E-state index is 11.1. The number of Topliss-reactive ketones (excluding diaryl/α,β-unsaturated/α-hetero) is 1. The Hall–Kier alpha value is -0.220. The van der Waals surface area contributed by atoms with Gasteiger partial charge in [0.15, 0.2) is 11.0 Å². The fourth-order valence-corrected chi connectivity index (χ4v) is 2.31. The predicted octanol–water partition coefficient (Wildman–Crippen LogP) is 0.451. The Labute approximate surface area is 73.4 Å². The van der Waals surface area contributed by atoms with Gasteiger partial charge in [0.1, 0.15) is 5.38 Å². The minimum atomic E-state index is -0.692. The largest absolute Gasteiger partial charge is 0.468 e. The number of halogens is 1. The average Bonchev–Trinajstić information content (AvgIpc) is 2.32. The monoisotopic (exact) mass is 194 g/mol. The maximum Gasteiger partial charge on any atom is 0.326 e. The van der Waals surface area contributed by atoms with Gasteiger partial charge >= 0.3 is 5.97 Å². The van der Waals surface area contributed by atoms with E-state index < -0.39 is 16.6 Å². The van der Waals surface area contributed by atoms with E-state index in [2.05, 4.69) is 4.74 Å². The second-order valence-electron chi connectivity index (χ2n) is 2.11. The molecular formula is C6H7ClO3S. The summed E-state index contributed by atoms with van der Waals surface area (Å²) >= 11 is 6.82. The molecule has 0 amide bonds. The van der Waals surface area contributed by atoms with Crippen molar-refractivity contribution in [3.05, 3.63) is 0 Å². The number of esters is 1. The first-order valence-electron chi connectivity index (χ1n) is 3.04. The van der Waals surface area contributed by atoms with Crippen LogP contribution in [0.25, 0.3) is 0 Å².